The number of hydrogen-bond acceptors (Lipinski definition) is 7. The van der Waals surface area contributed by atoms with Gasteiger partial charge < -0.3 is 20.8 Å². The molecule has 2 aromatic heterocycles. The van der Waals surface area contributed by atoms with Crippen molar-refractivity contribution < 1.29 is 29.0 Å². The molecule has 2 heterocycles. The lowest BCUT2D eigenvalue weighted by molar-refractivity contribution is -0.125. The molecule has 10 nitrogen and oxygen atoms in total. The molecule has 1 aliphatic carbocycles. The van der Waals surface area contributed by atoms with Crippen LogP contribution < -0.4 is 10.6 Å². The first-order valence-corrected chi connectivity index (χ1v) is 9.07. The van der Waals surface area contributed by atoms with Crippen LogP contribution in [-0.2, 0) is 16.1 Å². The molecular weight excluding hydrogens is 397 g/mol. The molecule has 1 aliphatic rings. The van der Waals surface area contributed by atoms with Crippen LogP contribution in [0.1, 0.15) is 34.6 Å². The minimum absolute atomic E-state index is 0.150. The molecule has 4 N–H and O–H groups in total. The van der Waals surface area contributed by atoms with Gasteiger partial charge in [0, 0.05) is 18.3 Å². The van der Waals surface area contributed by atoms with Gasteiger partial charge in [-0.1, -0.05) is 0 Å². The molecule has 11 heteroatoms. The van der Waals surface area contributed by atoms with E-state index in [4.69, 9.17) is 9.90 Å². The van der Waals surface area contributed by atoms with E-state index in [1.165, 1.54) is 12.3 Å². The number of amides is 2. The minimum atomic E-state index is -0.881. The number of hydrogen-bond donors (Lipinski definition) is 4. The second-order valence-electron chi connectivity index (χ2n) is 6.64. The largest absolute Gasteiger partial charge is 0.483 e. The zero-order valence-electron chi connectivity index (χ0n) is 16.2. The highest BCUT2D eigenvalue weighted by molar-refractivity contribution is 5.94. The molecule has 0 bridgehead atoms. The number of carbonyl (C=O) groups excluding carboxylic acids is 2. The Labute approximate surface area is 171 Å². The summed E-state index contributed by atoms with van der Waals surface area (Å²) >= 11 is 0. The average Bonchev–Trinajstić information content (AvgIpc) is 3.08. The third-order valence-electron chi connectivity index (χ3n) is 4.51. The SMILES string of the molecule is Cc1cnc(CNC(=O)[C@H]2C[C@H](NC(=O)c3ccncc3F)[C@@H](O)C2)cn1.O=CO. The fourth-order valence-corrected chi connectivity index (χ4v) is 3.02. The Kier molecular flexibility index (Phi) is 8.29. The molecule has 1 fully saturated rings. The van der Waals surface area contributed by atoms with Gasteiger partial charge in [-0.3, -0.25) is 29.3 Å². The van der Waals surface area contributed by atoms with Gasteiger partial charge in [0.1, 0.15) is 0 Å². The van der Waals surface area contributed by atoms with Crippen LogP contribution in [0.5, 0.6) is 0 Å². The molecule has 3 rings (SSSR count). The number of pyridine rings is 1. The van der Waals surface area contributed by atoms with E-state index in [1.807, 2.05) is 6.92 Å². The first-order chi connectivity index (χ1) is 14.3. The molecule has 0 saturated heterocycles. The van der Waals surface area contributed by atoms with Crippen molar-refractivity contribution in [2.24, 2.45) is 5.92 Å². The number of aryl methyl sites for hydroxylation is 1. The van der Waals surface area contributed by atoms with E-state index >= 15 is 0 Å². The quantitative estimate of drug-likeness (QED) is 0.501. The second-order valence-corrected chi connectivity index (χ2v) is 6.64. The molecule has 30 heavy (non-hydrogen) atoms. The maximum atomic E-state index is 13.6. The van der Waals surface area contributed by atoms with Gasteiger partial charge in [-0.2, -0.15) is 0 Å². The number of halogens is 1. The molecule has 0 unspecified atom stereocenters. The van der Waals surface area contributed by atoms with Gasteiger partial charge >= 0.3 is 0 Å². The molecule has 3 atom stereocenters. The first-order valence-electron chi connectivity index (χ1n) is 9.07. The Morgan fingerprint density at radius 2 is 2.00 bits per heavy atom. The molecule has 1 saturated carbocycles. The summed E-state index contributed by atoms with van der Waals surface area (Å²) in [5.41, 5.74) is 1.27. The van der Waals surface area contributed by atoms with E-state index in [0.29, 0.717) is 5.69 Å². The Hall–Kier alpha value is -3.47. The van der Waals surface area contributed by atoms with Gasteiger partial charge in [-0.25, -0.2) is 4.39 Å². The van der Waals surface area contributed by atoms with Crippen molar-refractivity contribution in [2.45, 2.75) is 38.5 Å². The van der Waals surface area contributed by atoms with Gasteiger partial charge in [0.15, 0.2) is 5.82 Å². The Morgan fingerprint density at radius 3 is 2.63 bits per heavy atom. The molecule has 0 aromatic carbocycles. The summed E-state index contributed by atoms with van der Waals surface area (Å²) in [6.45, 7) is 1.81. The van der Waals surface area contributed by atoms with Crippen molar-refractivity contribution >= 4 is 18.3 Å². The number of rotatable bonds is 5. The van der Waals surface area contributed by atoms with Crippen LogP contribution in [0.2, 0.25) is 0 Å². The van der Waals surface area contributed by atoms with Crippen molar-refractivity contribution in [2.75, 3.05) is 0 Å². The molecule has 0 spiro atoms. The van der Waals surface area contributed by atoms with Crippen molar-refractivity contribution in [1.29, 1.82) is 0 Å². The van der Waals surface area contributed by atoms with Crippen LogP contribution in [-0.4, -0.2) is 55.6 Å². The Morgan fingerprint density at radius 1 is 1.27 bits per heavy atom. The minimum Gasteiger partial charge on any atom is -0.483 e. The normalized spacial score (nSPS) is 19.9. The third kappa shape index (κ3) is 6.27. The Balaban J connectivity index is 0.00000101. The standard InChI is InChI=1S/C18H20FN5O3.CH2O2/c1-10-6-22-12(7-21-10)8-23-17(26)11-4-15(16(25)5-11)24-18(27)13-2-3-20-9-14(13)19;2-1-3/h2-3,6-7,9,11,15-16,25H,4-5,8H2,1H3,(H,23,26)(H,24,27);1H,(H,2,3)/t11-,15-,16-;/m0./s1. The molecular formula is C19H22FN5O5. The molecule has 2 aromatic rings. The summed E-state index contributed by atoms with van der Waals surface area (Å²) in [4.78, 5) is 44.7. The van der Waals surface area contributed by atoms with E-state index in [2.05, 4.69) is 25.6 Å². The van der Waals surface area contributed by atoms with E-state index in [-0.39, 0.29) is 37.3 Å². The summed E-state index contributed by atoms with van der Waals surface area (Å²) in [5.74, 6) is -2.07. The molecule has 0 aliphatic heterocycles. The van der Waals surface area contributed by atoms with Crippen LogP contribution in [0.3, 0.4) is 0 Å². The van der Waals surface area contributed by atoms with Crippen molar-refractivity contribution in [1.82, 2.24) is 25.6 Å². The predicted molar refractivity (Wildman–Crippen MR) is 101 cm³/mol. The number of carboxylic acid groups (broad SMARTS) is 1. The van der Waals surface area contributed by atoms with Crippen LogP contribution >= 0.6 is 0 Å². The monoisotopic (exact) mass is 419 g/mol. The number of aromatic nitrogens is 3. The fourth-order valence-electron chi connectivity index (χ4n) is 3.02. The van der Waals surface area contributed by atoms with Crippen molar-refractivity contribution in [3.63, 3.8) is 0 Å². The van der Waals surface area contributed by atoms with Crippen LogP contribution in [0.25, 0.3) is 0 Å². The lowest BCUT2D eigenvalue weighted by Crippen LogP contribution is -2.40. The van der Waals surface area contributed by atoms with Gasteiger partial charge in [0.25, 0.3) is 12.4 Å². The van der Waals surface area contributed by atoms with Gasteiger partial charge in [0.2, 0.25) is 5.91 Å². The van der Waals surface area contributed by atoms with Crippen LogP contribution in [0, 0.1) is 18.7 Å². The van der Waals surface area contributed by atoms with Gasteiger partial charge in [-0.05, 0) is 25.8 Å². The summed E-state index contributed by atoms with van der Waals surface area (Å²) in [6.07, 6.45) is 5.07. The number of aliphatic hydroxyl groups excluding tert-OH is 1. The smallest absolute Gasteiger partial charge is 0.290 e. The van der Waals surface area contributed by atoms with Gasteiger partial charge in [0.05, 0.1) is 48.0 Å². The topological polar surface area (TPSA) is 154 Å². The summed E-state index contributed by atoms with van der Waals surface area (Å²) in [7, 11) is 0. The Bertz CT molecular complexity index is 880. The fraction of sp³-hybridized carbons (Fsp3) is 0.368. The van der Waals surface area contributed by atoms with E-state index in [9.17, 15) is 19.1 Å². The third-order valence-corrected chi connectivity index (χ3v) is 4.51. The average molecular weight is 419 g/mol. The second kappa shape index (κ2) is 10.9. The van der Waals surface area contributed by atoms with Crippen molar-refractivity contribution in [3.8, 4) is 0 Å². The van der Waals surface area contributed by atoms with Crippen molar-refractivity contribution in [3.05, 3.63) is 53.6 Å². The lowest BCUT2D eigenvalue weighted by atomic mass is 10.1. The van der Waals surface area contributed by atoms with Crippen LogP contribution in [0.15, 0.2) is 30.9 Å². The highest BCUT2D eigenvalue weighted by Gasteiger charge is 2.38. The van der Waals surface area contributed by atoms with Gasteiger partial charge in [-0.15, -0.1) is 0 Å². The number of aliphatic hydroxyl groups is 1. The lowest BCUT2D eigenvalue weighted by Gasteiger charge is -2.16. The molecule has 0 radical (unpaired) electrons. The predicted octanol–water partition coefficient (Wildman–Crippen LogP) is 0.206. The molecule has 160 valence electrons. The van der Waals surface area contributed by atoms with E-state index in [0.717, 1.165) is 11.9 Å². The maximum Gasteiger partial charge on any atom is 0.290 e. The zero-order valence-corrected chi connectivity index (χ0v) is 16.2. The summed E-state index contributed by atoms with van der Waals surface area (Å²) < 4.78 is 13.6. The van der Waals surface area contributed by atoms with E-state index < -0.39 is 29.8 Å². The summed E-state index contributed by atoms with van der Waals surface area (Å²) in [6, 6.07) is 0.638. The maximum absolute atomic E-state index is 13.6. The highest BCUT2D eigenvalue weighted by Crippen LogP contribution is 2.27. The van der Waals surface area contributed by atoms with Crippen LogP contribution in [0.4, 0.5) is 4.39 Å². The van der Waals surface area contributed by atoms with E-state index in [1.54, 1.807) is 12.4 Å². The first kappa shape index (κ1) is 22.8. The number of carbonyl (C=O) groups is 3. The highest BCUT2D eigenvalue weighted by atomic mass is 19.1. The summed E-state index contributed by atoms with van der Waals surface area (Å²) in [5, 5.41) is 22.4. The zero-order chi connectivity index (χ0) is 22.1. The number of nitrogens with one attached hydrogen (secondary N) is 2. The number of nitrogens with zero attached hydrogens (tertiary/aromatic N) is 3. The molecule has 2 amide bonds.